The first-order chi connectivity index (χ1) is 6.31. The second-order valence-electron chi connectivity index (χ2n) is 3.07. The lowest BCUT2D eigenvalue weighted by Crippen LogP contribution is -1.95. The van der Waals surface area contributed by atoms with Gasteiger partial charge in [0.05, 0.1) is 5.71 Å². The number of hydrogen-bond acceptors (Lipinski definition) is 3. The van der Waals surface area contributed by atoms with Gasteiger partial charge >= 0.3 is 0 Å². The molecule has 0 fully saturated rings. The molecule has 0 aromatic heterocycles. The fraction of sp³-hybridized carbons (Fsp3) is 0.900. The van der Waals surface area contributed by atoms with Crippen LogP contribution < -0.4 is 0 Å². The summed E-state index contributed by atoms with van der Waals surface area (Å²) in [5.74, 6) is 0. The number of methoxy groups -OCH3 is 1. The highest BCUT2D eigenvalue weighted by molar-refractivity contribution is 5.80. The molecule has 3 nitrogen and oxygen atoms in total. The summed E-state index contributed by atoms with van der Waals surface area (Å²) >= 11 is 0. The van der Waals surface area contributed by atoms with Crippen molar-refractivity contribution in [1.82, 2.24) is 0 Å². The molecule has 0 unspecified atom stereocenters. The van der Waals surface area contributed by atoms with E-state index in [1.54, 1.807) is 7.11 Å². The zero-order valence-electron chi connectivity index (χ0n) is 9.01. The first-order valence-corrected chi connectivity index (χ1v) is 4.95. The number of rotatable bonds is 8. The van der Waals surface area contributed by atoms with Crippen molar-refractivity contribution in [3.8, 4) is 0 Å². The van der Waals surface area contributed by atoms with Crippen LogP contribution >= 0.6 is 0 Å². The van der Waals surface area contributed by atoms with E-state index in [0.29, 0.717) is 0 Å². The molecule has 78 valence electrons. The van der Waals surface area contributed by atoms with E-state index in [1.807, 2.05) is 6.92 Å². The molecule has 0 atom stereocenters. The third-order valence-corrected chi connectivity index (χ3v) is 1.82. The molecule has 0 aliphatic heterocycles. The van der Waals surface area contributed by atoms with Gasteiger partial charge in [-0.25, -0.2) is 0 Å². The minimum absolute atomic E-state index is 0.723. The van der Waals surface area contributed by atoms with E-state index < -0.39 is 0 Å². The van der Waals surface area contributed by atoms with Crippen LogP contribution in [0.1, 0.15) is 39.5 Å². The van der Waals surface area contributed by atoms with Gasteiger partial charge in [-0.2, -0.15) is 0 Å². The second-order valence-corrected chi connectivity index (χ2v) is 3.07. The Morgan fingerprint density at radius 1 is 1.15 bits per heavy atom. The molecule has 0 bridgehead atoms. The summed E-state index contributed by atoms with van der Waals surface area (Å²) in [6, 6.07) is 0. The van der Waals surface area contributed by atoms with Gasteiger partial charge in [-0.1, -0.05) is 12.1 Å². The van der Waals surface area contributed by atoms with Gasteiger partial charge in [0.1, 0.15) is 6.61 Å². The Labute approximate surface area is 81.1 Å². The lowest BCUT2D eigenvalue weighted by Gasteiger charge is -2.00. The van der Waals surface area contributed by atoms with Gasteiger partial charge in [0.25, 0.3) is 0 Å². The molecule has 0 spiro atoms. The molecule has 0 aromatic carbocycles. The van der Waals surface area contributed by atoms with Crippen LogP contribution in [0.3, 0.4) is 0 Å². The van der Waals surface area contributed by atoms with E-state index in [4.69, 9.17) is 9.57 Å². The zero-order valence-corrected chi connectivity index (χ0v) is 9.01. The average molecular weight is 187 g/mol. The first-order valence-electron chi connectivity index (χ1n) is 4.95. The molecule has 13 heavy (non-hydrogen) atoms. The van der Waals surface area contributed by atoms with Crippen molar-refractivity contribution in [1.29, 1.82) is 0 Å². The highest BCUT2D eigenvalue weighted by Gasteiger charge is 1.90. The smallest absolute Gasteiger partial charge is 0.117 e. The molecule has 3 heteroatoms. The predicted molar refractivity (Wildman–Crippen MR) is 55.1 cm³/mol. The molecule has 0 radical (unpaired) electrons. The molecule has 0 aliphatic rings. The van der Waals surface area contributed by atoms with E-state index in [1.165, 1.54) is 0 Å². The van der Waals surface area contributed by atoms with Gasteiger partial charge in [-0.3, -0.25) is 0 Å². The third-order valence-electron chi connectivity index (χ3n) is 1.82. The fourth-order valence-electron chi connectivity index (χ4n) is 0.810. The van der Waals surface area contributed by atoms with Crippen LogP contribution in [0.2, 0.25) is 0 Å². The summed E-state index contributed by atoms with van der Waals surface area (Å²) in [4.78, 5) is 5.11. The van der Waals surface area contributed by atoms with Crippen LogP contribution in [-0.4, -0.2) is 26.0 Å². The van der Waals surface area contributed by atoms with Gasteiger partial charge in [-0.15, -0.1) is 0 Å². The summed E-state index contributed by atoms with van der Waals surface area (Å²) < 4.78 is 4.94. The normalized spacial score (nSPS) is 11.8. The van der Waals surface area contributed by atoms with Gasteiger partial charge in [0, 0.05) is 13.7 Å². The molecule has 0 aliphatic carbocycles. The Bertz CT molecular complexity index is 135. The summed E-state index contributed by atoms with van der Waals surface area (Å²) in [6.07, 6.45) is 4.28. The van der Waals surface area contributed by atoms with Crippen LogP contribution in [0.25, 0.3) is 0 Å². The molecular formula is C10H21NO2. The molecule has 0 amide bonds. The molecule has 0 heterocycles. The lowest BCUT2D eigenvalue weighted by atomic mass is 10.2. The highest BCUT2D eigenvalue weighted by atomic mass is 16.6. The van der Waals surface area contributed by atoms with E-state index in [2.05, 4.69) is 12.1 Å². The molecule has 0 N–H and O–H groups in total. The number of ether oxygens (including phenoxy) is 1. The van der Waals surface area contributed by atoms with E-state index in [-0.39, 0.29) is 0 Å². The monoisotopic (exact) mass is 187 g/mol. The SMILES string of the molecule is CC/C(C)=N/OCCCCCOC. The largest absolute Gasteiger partial charge is 0.396 e. The summed E-state index contributed by atoms with van der Waals surface area (Å²) in [6.45, 7) is 5.62. The number of unbranched alkanes of at least 4 members (excludes halogenated alkanes) is 2. The minimum atomic E-state index is 0.723. The maximum atomic E-state index is 5.11. The first kappa shape index (κ1) is 12.4. The van der Waals surface area contributed by atoms with Crippen LogP contribution in [0.15, 0.2) is 5.16 Å². The third kappa shape index (κ3) is 9.34. The van der Waals surface area contributed by atoms with E-state index in [0.717, 1.165) is 44.6 Å². The van der Waals surface area contributed by atoms with Crippen molar-refractivity contribution in [2.24, 2.45) is 5.16 Å². The molecular weight excluding hydrogens is 166 g/mol. The zero-order chi connectivity index (χ0) is 9.94. The van der Waals surface area contributed by atoms with Crippen LogP contribution in [0.4, 0.5) is 0 Å². The van der Waals surface area contributed by atoms with Crippen molar-refractivity contribution in [3.63, 3.8) is 0 Å². The summed E-state index contributed by atoms with van der Waals surface area (Å²) in [5, 5.41) is 3.95. The van der Waals surface area contributed by atoms with E-state index in [9.17, 15) is 0 Å². The maximum Gasteiger partial charge on any atom is 0.117 e. The lowest BCUT2D eigenvalue weighted by molar-refractivity contribution is 0.134. The topological polar surface area (TPSA) is 30.8 Å². The molecule has 0 rings (SSSR count). The molecule has 0 aromatic rings. The molecule has 0 saturated heterocycles. The average Bonchev–Trinajstić information content (AvgIpc) is 2.16. The Morgan fingerprint density at radius 3 is 2.46 bits per heavy atom. The fourth-order valence-corrected chi connectivity index (χ4v) is 0.810. The van der Waals surface area contributed by atoms with Crippen molar-refractivity contribution < 1.29 is 9.57 Å². The Balaban J connectivity index is 3.08. The van der Waals surface area contributed by atoms with E-state index >= 15 is 0 Å². The van der Waals surface area contributed by atoms with Crippen LogP contribution in [-0.2, 0) is 9.57 Å². The van der Waals surface area contributed by atoms with Gasteiger partial charge in [0.2, 0.25) is 0 Å². The predicted octanol–water partition coefficient (Wildman–Crippen LogP) is 2.61. The number of hydrogen-bond donors (Lipinski definition) is 0. The Kier molecular flexibility index (Phi) is 9.10. The summed E-state index contributed by atoms with van der Waals surface area (Å²) in [7, 11) is 1.73. The van der Waals surface area contributed by atoms with Gasteiger partial charge in [-0.05, 0) is 32.6 Å². The second kappa shape index (κ2) is 9.52. The summed E-state index contributed by atoms with van der Waals surface area (Å²) in [5.41, 5.74) is 1.05. The number of nitrogens with zero attached hydrogens (tertiary/aromatic N) is 1. The highest BCUT2D eigenvalue weighted by Crippen LogP contribution is 1.96. The van der Waals surface area contributed by atoms with Gasteiger partial charge in [0.15, 0.2) is 0 Å². The minimum Gasteiger partial charge on any atom is -0.396 e. The van der Waals surface area contributed by atoms with Crippen molar-refractivity contribution >= 4 is 5.71 Å². The maximum absolute atomic E-state index is 5.11. The molecule has 0 saturated carbocycles. The Morgan fingerprint density at radius 2 is 1.85 bits per heavy atom. The van der Waals surface area contributed by atoms with Crippen molar-refractivity contribution in [2.45, 2.75) is 39.5 Å². The van der Waals surface area contributed by atoms with Crippen LogP contribution in [0, 0.1) is 0 Å². The van der Waals surface area contributed by atoms with Crippen molar-refractivity contribution in [2.75, 3.05) is 20.3 Å². The Hall–Kier alpha value is -0.570. The van der Waals surface area contributed by atoms with Crippen molar-refractivity contribution in [3.05, 3.63) is 0 Å². The quantitative estimate of drug-likeness (QED) is 0.332. The van der Waals surface area contributed by atoms with Gasteiger partial charge < -0.3 is 9.57 Å². The number of oxime groups is 1. The van der Waals surface area contributed by atoms with Crippen LogP contribution in [0.5, 0.6) is 0 Å². The standard InChI is InChI=1S/C10H21NO2/c1-4-10(2)11-13-9-7-5-6-8-12-3/h4-9H2,1-3H3/b11-10+.